The highest BCUT2D eigenvalue weighted by Crippen LogP contribution is 2.27. The van der Waals surface area contributed by atoms with Gasteiger partial charge in [-0.1, -0.05) is 0 Å². The Morgan fingerprint density at radius 2 is 1.72 bits per heavy atom. The topological polar surface area (TPSA) is 36.0 Å². The first-order valence-electron chi connectivity index (χ1n) is 11.2. The van der Waals surface area contributed by atoms with E-state index >= 15 is 0 Å². The number of methoxy groups -OCH3 is 1. The zero-order chi connectivity index (χ0) is 20.2. The van der Waals surface area contributed by atoms with Gasteiger partial charge in [-0.05, 0) is 82.9 Å². The summed E-state index contributed by atoms with van der Waals surface area (Å²) in [6, 6.07) is 5.57. The summed E-state index contributed by atoms with van der Waals surface area (Å²) in [6.07, 6.45) is 6.59. The first-order chi connectivity index (χ1) is 14.1. The van der Waals surface area contributed by atoms with Crippen molar-refractivity contribution >= 4 is 5.91 Å². The van der Waals surface area contributed by atoms with Gasteiger partial charge in [-0.2, -0.15) is 0 Å². The molecule has 3 saturated heterocycles. The average Bonchev–Trinajstić information content (AvgIpc) is 3.30. The number of amides is 1. The van der Waals surface area contributed by atoms with Gasteiger partial charge in [0.15, 0.2) is 0 Å². The molecule has 3 fully saturated rings. The normalized spacial score (nSPS) is 22.9. The van der Waals surface area contributed by atoms with E-state index in [2.05, 4.69) is 14.7 Å². The number of nitrogens with zero attached hydrogens (tertiary/aromatic N) is 3. The van der Waals surface area contributed by atoms with Gasteiger partial charge in [0.05, 0.1) is 7.11 Å². The highest BCUT2D eigenvalue weighted by molar-refractivity contribution is 5.79. The number of likely N-dealkylation sites (tertiary alicyclic amines) is 3. The molecule has 0 N–H and O–H groups in total. The molecule has 0 aliphatic carbocycles. The third-order valence-electron chi connectivity index (χ3n) is 7.02. The van der Waals surface area contributed by atoms with Crippen LogP contribution in [-0.2, 0) is 11.3 Å². The summed E-state index contributed by atoms with van der Waals surface area (Å²) in [7, 11) is 1.62. The van der Waals surface area contributed by atoms with Gasteiger partial charge in [-0.25, -0.2) is 4.39 Å². The van der Waals surface area contributed by atoms with E-state index in [0.29, 0.717) is 29.8 Å². The van der Waals surface area contributed by atoms with Crippen LogP contribution in [0.15, 0.2) is 18.2 Å². The smallest absolute Gasteiger partial charge is 0.225 e. The zero-order valence-corrected chi connectivity index (χ0v) is 17.6. The summed E-state index contributed by atoms with van der Waals surface area (Å²) in [5, 5.41) is 0. The van der Waals surface area contributed by atoms with Gasteiger partial charge in [0.1, 0.15) is 11.6 Å². The van der Waals surface area contributed by atoms with Crippen molar-refractivity contribution in [2.24, 2.45) is 5.92 Å². The fraction of sp³-hybridized carbons (Fsp3) is 0.696. The fourth-order valence-electron chi connectivity index (χ4n) is 5.19. The molecule has 5 nitrogen and oxygen atoms in total. The summed E-state index contributed by atoms with van der Waals surface area (Å²) in [5.74, 6) is 1.19. The second-order valence-corrected chi connectivity index (χ2v) is 8.81. The molecule has 1 amide bonds. The highest BCUT2D eigenvalue weighted by Gasteiger charge is 2.33. The molecule has 6 heteroatoms. The van der Waals surface area contributed by atoms with Gasteiger partial charge in [0, 0.05) is 37.2 Å². The van der Waals surface area contributed by atoms with Gasteiger partial charge < -0.3 is 14.5 Å². The molecule has 0 bridgehead atoms. The molecule has 1 aromatic carbocycles. The van der Waals surface area contributed by atoms with E-state index in [4.69, 9.17) is 4.74 Å². The lowest BCUT2D eigenvalue weighted by Crippen LogP contribution is -2.49. The van der Waals surface area contributed by atoms with Crippen LogP contribution in [-0.4, -0.2) is 73.0 Å². The van der Waals surface area contributed by atoms with Gasteiger partial charge in [0.2, 0.25) is 5.91 Å². The van der Waals surface area contributed by atoms with Crippen LogP contribution in [0.2, 0.25) is 0 Å². The van der Waals surface area contributed by atoms with Crippen LogP contribution >= 0.6 is 0 Å². The second-order valence-electron chi connectivity index (χ2n) is 8.81. The van der Waals surface area contributed by atoms with E-state index in [0.717, 1.165) is 65.0 Å². The monoisotopic (exact) mass is 403 g/mol. The van der Waals surface area contributed by atoms with E-state index in [-0.39, 0.29) is 11.7 Å². The number of hydrogen-bond acceptors (Lipinski definition) is 4. The quantitative estimate of drug-likeness (QED) is 0.757. The molecule has 3 aliphatic heterocycles. The SMILES string of the molecule is COc1ccc(F)c(CN2CCC(N3CCC(C(=O)N4CCCC4)CC3)CC2)c1. The molecule has 0 spiro atoms. The number of ether oxygens (including phenoxy) is 1. The third kappa shape index (κ3) is 4.92. The summed E-state index contributed by atoms with van der Waals surface area (Å²) < 4.78 is 19.4. The molecule has 1 aromatic rings. The summed E-state index contributed by atoms with van der Waals surface area (Å²) >= 11 is 0. The third-order valence-corrected chi connectivity index (χ3v) is 7.02. The van der Waals surface area contributed by atoms with Crippen molar-refractivity contribution < 1.29 is 13.9 Å². The van der Waals surface area contributed by atoms with E-state index in [1.54, 1.807) is 13.2 Å². The largest absolute Gasteiger partial charge is 0.497 e. The highest BCUT2D eigenvalue weighted by atomic mass is 19.1. The van der Waals surface area contributed by atoms with Crippen LogP contribution in [0.25, 0.3) is 0 Å². The number of piperidine rings is 2. The van der Waals surface area contributed by atoms with Gasteiger partial charge >= 0.3 is 0 Å². The van der Waals surface area contributed by atoms with Crippen LogP contribution in [0.1, 0.15) is 44.1 Å². The maximum Gasteiger partial charge on any atom is 0.225 e. The predicted molar refractivity (Wildman–Crippen MR) is 111 cm³/mol. The van der Waals surface area contributed by atoms with Crippen LogP contribution < -0.4 is 4.74 Å². The van der Waals surface area contributed by atoms with E-state index < -0.39 is 0 Å². The standard InChI is InChI=1S/C23H34FN3O2/c1-29-21-4-5-22(24)19(16-21)17-25-12-8-20(9-13-25)26-14-6-18(7-15-26)23(28)27-10-2-3-11-27/h4-5,16,18,20H,2-3,6-15,17H2,1H3. The molecule has 4 rings (SSSR count). The minimum Gasteiger partial charge on any atom is -0.497 e. The lowest BCUT2D eigenvalue weighted by atomic mass is 9.92. The van der Waals surface area contributed by atoms with Crippen molar-refractivity contribution in [1.29, 1.82) is 0 Å². The first kappa shape index (κ1) is 20.6. The summed E-state index contributed by atoms with van der Waals surface area (Å²) in [6.45, 7) is 6.64. The van der Waals surface area contributed by atoms with Gasteiger partial charge in [0.25, 0.3) is 0 Å². The lowest BCUT2D eigenvalue weighted by molar-refractivity contribution is -0.136. The van der Waals surface area contributed by atoms with E-state index in [9.17, 15) is 9.18 Å². The number of carbonyl (C=O) groups excluding carboxylic acids is 1. The van der Waals surface area contributed by atoms with Crippen LogP contribution in [0.5, 0.6) is 5.75 Å². The molecule has 29 heavy (non-hydrogen) atoms. The molecule has 3 aliphatic rings. The Morgan fingerprint density at radius 1 is 1.03 bits per heavy atom. The minimum atomic E-state index is -0.155. The second kappa shape index (κ2) is 9.43. The predicted octanol–water partition coefficient (Wildman–Crippen LogP) is 3.13. The van der Waals surface area contributed by atoms with E-state index in [1.807, 2.05) is 6.07 Å². The van der Waals surface area contributed by atoms with Crippen LogP contribution in [0.3, 0.4) is 0 Å². The Bertz CT molecular complexity index is 691. The zero-order valence-electron chi connectivity index (χ0n) is 17.6. The molecule has 3 heterocycles. The lowest BCUT2D eigenvalue weighted by Gasteiger charge is -2.42. The van der Waals surface area contributed by atoms with Crippen LogP contribution in [0, 0.1) is 11.7 Å². The Balaban J connectivity index is 1.23. The van der Waals surface area contributed by atoms with Crippen molar-refractivity contribution in [3.05, 3.63) is 29.6 Å². The fourth-order valence-corrected chi connectivity index (χ4v) is 5.19. The number of carbonyl (C=O) groups is 1. The van der Waals surface area contributed by atoms with Crippen molar-refractivity contribution in [2.75, 3.05) is 46.4 Å². The number of hydrogen-bond donors (Lipinski definition) is 0. The number of rotatable bonds is 5. The summed E-state index contributed by atoms with van der Waals surface area (Å²) in [4.78, 5) is 19.7. The van der Waals surface area contributed by atoms with Crippen molar-refractivity contribution in [2.45, 2.75) is 51.1 Å². The average molecular weight is 404 g/mol. The minimum absolute atomic E-state index is 0.155. The summed E-state index contributed by atoms with van der Waals surface area (Å²) in [5.41, 5.74) is 0.712. The molecule has 0 atom stereocenters. The van der Waals surface area contributed by atoms with Crippen molar-refractivity contribution in [3.63, 3.8) is 0 Å². The van der Waals surface area contributed by atoms with Crippen molar-refractivity contribution in [1.82, 2.24) is 14.7 Å². The molecule has 0 saturated carbocycles. The molecule has 160 valence electrons. The molecular weight excluding hydrogens is 369 g/mol. The molecule has 0 aromatic heterocycles. The first-order valence-corrected chi connectivity index (χ1v) is 11.2. The Hall–Kier alpha value is -1.66. The Labute approximate surface area is 173 Å². The van der Waals surface area contributed by atoms with Crippen LogP contribution in [0.4, 0.5) is 4.39 Å². The molecule has 0 radical (unpaired) electrons. The maximum atomic E-state index is 14.1. The number of halogens is 1. The maximum absolute atomic E-state index is 14.1. The van der Waals surface area contributed by atoms with Gasteiger partial charge in [-0.15, -0.1) is 0 Å². The van der Waals surface area contributed by atoms with E-state index in [1.165, 1.54) is 18.9 Å². The van der Waals surface area contributed by atoms with Crippen molar-refractivity contribution in [3.8, 4) is 5.75 Å². The Kier molecular flexibility index (Phi) is 6.70. The molecule has 0 unspecified atom stereocenters. The Morgan fingerprint density at radius 3 is 2.38 bits per heavy atom. The van der Waals surface area contributed by atoms with Gasteiger partial charge in [-0.3, -0.25) is 9.69 Å². The number of benzene rings is 1. The molecular formula is C23H34FN3O2.